The Morgan fingerprint density at radius 1 is 1.05 bits per heavy atom. The van der Waals surface area contributed by atoms with Crippen LogP contribution in [0.4, 0.5) is 0 Å². The molecule has 2 heteroatoms. The first-order valence-electron chi connectivity index (χ1n) is 6.79. The van der Waals surface area contributed by atoms with Crippen molar-refractivity contribution in [3.63, 3.8) is 0 Å². The number of ether oxygens (including phenoxy) is 1. The third-order valence-electron chi connectivity index (χ3n) is 3.83. The first-order valence-corrected chi connectivity index (χ1v) is 6.79. The second-order valence-electron chi connectivity index (χ2n) is 5.17. The molecule has 0 fully saturated rings. The van der Waals surface area contributed by atoms with Gasteiger partial charge in [0.25, 0.3) is 0 Å². The SMILES string of the molecule is CNC1c2cc(-c3ccccc3)ccc2OCC1C. The van der Waals surface area contributed by atoms with Crippen molar-refractivity contribution < 1.29 is 4.74 Å². The molecule has 1 heterocycles. The molecule has 1 aliphatic heterocycles. The molecular formula is C17H19NO. The lowest BCUT2D eigenvalue weighted by Gasteiger charge is -2.31. The molecule has 0 amide bonds. The molecule has 2 nitrogen and oxygen atoms in total. The van der Waals surface area contributed by atoms with E-state index in [9.17, 15) is 0 Å². The molecule has 0 bridgehead atoms. The van der Waals surface area contributed by atoms with Gasteiger partial charge in [-0.3, -0.25) is 0 Å². The van der Waals surface area contributed by atoms with E-state index in [4.69, 9.17) is 4.74 Å². The Balaban J connectivity index is 2.05. The van der Waals surface area contributed by atoms with E-state index < -0.39 is 0 Å². The third-order valence-corrected chi connectivity index (χ3v) is 3.83. The topological polar surface area (TPSA) is 21.3 Å². The van der Waals surface area contributed by atoms with Gasteiger partial charge in [0.15, 0.2) is 0 Å². The first kappa shape index (κ1) is 12.2. The van der Waals surface area contributed by atoms with E-state index >= 15 is 0 Å². The largest absolute Gasteiger partial charge is 0.493 e. The van der Waals surface area contributed by atoms with Crippen LogP contribution in [-0.2, 0) is 0 Å². The van der Waals surface area contributed by atoms with Gasteiger partial charge in [-0.2, -0.15) is 0 Å². The first-order chi connectivity index (χ1) is 9.29. The second-order valence-corrected chi connectivity index (χ2v) is 5.17. The average Bonchev–Trinajstić information content (AvgIpc) is 2.47. The predicted molar refractivity (Wildman–Crippen MR) is 78.3 cm³/mol. The van der Waals surface area contributed by atoms with Crippen molar-refractivity contribution in [2.75, 3.05) is 13.7 Å². The number of benzene rings is 2. The minimum Gasteiger partial charge on any atom is -0.493 e. The summed E-state index contributed by atoms with van der Waals surface area (Å²) in [6.45, 7) is 3.00. The minimum atomic E-state index is 0.368. The van der Waals surface area contributed by atoms with Crippen molar-refractivity contribution in [3.8, 4) is 16.9 Å². The van der Waals surface area contributed by atoms with Crippen LogP contribution in [0.2, 0.25) is 0 Å². The summed E-state index contributed by atoms with van der Waals surface area (Å²) >= 11 is 0. The summed E-state index contributed by atoms with van der Waals surface area (Å²) in [7, 11) is 2.02. The fourth-order valence-corrected chi connectivity index (χ4v) is 2.80. The summed E-state index contributed by atoms with van der Waals surface area (Å²) in [5.74, 6) is 1.50. The lowest BCUT2D eigenvalue weighted by Crippen LogP contribution is -2.31. The Morgan fingerprint density at radius 2 is 1.84 bits per heavy atom. The zero-order chi connectivity index (χ0) is 13.2. The highest BCUT2D eigenvalue weighted by Crippen LogP contribution is 2.37. The highest BCUT2D eigenvalue weighted by Gasteiger charge is 2.26. The maximum atomic E-state index is 5.82. The van der Waals surface area contributed by atoms with Crippen LogP contribution < -0.4 is 10.1 Å². The fourth-order valence-electron chi connectivity index (χ4n) is 2.80. The molecule has 19 heavy (non-hydrogen) atoms. The van der Waals surface area contributed by atoms with Crippen molar-refractivity contribution in [1.82, 2.24) is 5.32 Å². The molecule has 2 aromatic carbocycles. The van der Waals surface area contributed by atoms with Crippen molar-refractivity contribution >= 4 is 0 Å². The number of nitrogens with one attached hydrogen (secondary N) is 1. The van der Waals surface area contributed by atoms with Crippen LogP contribution in [0, 0.1) is 5.92 Å². The summed E-state index contributed by atoms with van der Waals surface area (Å²) < 4.78 is 5.82. The molecule has 0 saturated carbocycles. The van der Waals surface area contributed by atoms with Gasteiger partial charge in [0, 0.05) is 17.5 Å². The second kappa shape index (κ2) is 5.06. The lowest BCUT2D eigenvalue weighted by molar-refractivity contribution is 0.193. The summed E-state index contributed by atoms with van der Waals surface area (Å²) in [5, 5.41) is 3.41. The van der Waals surface area contributed by atoms with E-state index in [0.29, 0.717) is 12.0 Å². The van der Waals surface area contributed by atoms with E-state index in [1.165, 1.54) is 16.7 Å². The quantitative estimate of drug-likeness (QED) is 0.882. The number of rotatable bonds is 2. The molecule has 2 unspecified atom stereocenters. The molecular weight excluding hydrogens is 234 g/mol. The zero-order valence-electron chi connectivity index (χ0n) is 11.4. The van der Waals surface area contributed by atoms with Gasteiger partial charge in [-0.25, -0.2) is 0 Å². The van der Waals surface area contributed by atoms with Crippen LogP contribution in [0.3, 0.4) is 0 Å². The number of hydrogen-bond donors (Lipinski definition) is 1. The molecule has 0 aliphatic carbocycles. The molecule has 1 N–H and O–H groups in total. The third kappa shape index (κ3) is 2.24. The van der Waals surface area contributed by atoms with Crippen LogP contribution in [-0.4, -0.2) is 13.7 Å². The molecule has 98 valence electrons. The van der Waals surface area contributed by atoms with Crippen LogP contribution in [0.1, 0.15) is 18.5 Å². The van der Waals surface area contributed by atoms with Crippen LogP contribution in [0.5, 0.6) is 5.75 Å². The lowest BCUT2D eigenvalue weighted by atomic mass is 9.90. The Bertz CT molecular complexity index is 565. The van der Waals surface area contributed by atoms with Gasteiger partial charge in [0.05, 0.1) is 6.61 Å². The van der Waals surface area contributed by atoms with E-state index in [-0.39, 0.29) is 0 Å². The molecule has 1 aliphatic rings. The molecule has 0 spiro atoms. The van der Waals surface area contributed by atoms with Gasteiger partial charge < -0.3 is 10.1 Å². The Labute approximate surface area is 114 Å². The molecule has 0 aromatic heterocycles. The summed E-state index contributed by atoms with van der Waals surface area (Å²) in [4.78, 5) is 0. The summed E-state index contributed by atoms with van der Waals surface area (Å²) in [5.41, 5.74) is 3.76. The highest BCUT2D eigenvalue weighted by molar-refractivity contribution is 5.66. The van der Waals surface area contributed by atoms with E-state index in [2.05, 4.69) is 54.7 Å². The van der Waals surface area contributed by atoms with Crippen LogP contribution in [0.25, 0.3) is 11.1 Å². The van der Waals surface area contributed by atoms with Gasteiger partial charge in [0.2, 0.25) is 0 Å². The van der Waals surface area contributed by atoms with E-state index in [1.54, 1.807) is 0 Å². The van der Waals surface area contributed by atoms with Gasteiger partial charge >= 0.3 is 0 Å². The van der Waals surface area contributed by atoms with Crippen molar-refractivity contribution in [2.24, 2.45) is 5.92 Å². The van der Waals surface area contributed by atoms with Crippen LogP contribution in [0.15, 0.2) is 48.5 Å². The van der Waals surface area contributed by atoms with Crippen molar-refractivity contribution in [1.29, 1.82) is 0 Å². The average molecular weight is 253 g/mol. The number of fused-ring (bicyclic) bond motifs is 1. The molecule has 2 atom stereocenters. The molecule has 2 aromatic rings. The smallest absolute Gasteiger partial charge is 0.124 e. The van der Waals surface area contributed by atoms with Gasteiger partial charge in [-0.1, -0.05) is 43.3 Å². The van der Waals surface area contributed by atoms with Gasteiger partial charge in [-0.15, -0.1) is 0 Å². The molecule has 0 radical (unpaired) electrons. The van der Waals surface area contributed by atoms with E-state index in [0.717, 1.165) is 12.4 Å². The summed E-state index contributed by atoms with van der Waals surface area (Å²) in [6.07, 6.45) is 0. The predicted octanol–water partition coefficient (Wildman–Crippen LogP) is 3.64. The zero-order valence-corrected chi connectivity index (χ0v) is 11.4. The maximum Gasteiger partial charge on any atom is 0.124 e. The normalized spacial score (nSPS) is 21.6. The maximum absolute atomic E-state index is 5.82. The highest BCUT2D eigenvalue weighted by atomic mass is 16.5. The monoisotopic (exact) mass is 253 g/mol. The Hall–Kier alpha value is -1.80. The van der Waals surface area contributed by atoms with E-state index in [1.807, 2.05) is 13.1 Å². The van der Waals surface area contributed by atoms with Gasteiger partial charge in [-0.05, 0) is 30.3 Å². The van der Waals surface area contributed by atoms with Gasteiger partial charge in [0.1, 0.15) is 5.75 Å². The Kier molecular flexibility index (Phi) is 3.26. The summed E-state index contributed by atoms with van der Waals surface area (Å²) in [6, 6.07) is 17.3. The molecule has 0 saturated heterocycles. The Morgan fingerprint density at radius 3 is 2.58 bits per heavy atom. The fraction of sp³-hybridized carbons (Fsp3) is 0.294. The molecule has 3 rings (SSSR count). The standard InChI is InChI=1S/C17H19NO/c1-12-11-19-16-9-8-14(10-15(16)17(12)18-2)13-6-4-3-5-7-13/h3-10,12,17-18H,11H2,1-2H3. The van der Waals surface area contributed by atoms with Crippen LogP contribution >= 0.6 is 0 Å². The number of hydrogen-bond acceptors (Lipinski definition) is 2. The van der Waals surface area contributed by atoms with Crippen molar-refractivity contribution in [3.05, 3.63) is 54.1 Å². The van der Waals surface area contributed by atoms with Crippen molar-refractivity contribution in [2.45, 2.75) is 13.0 Å². The minimum absolute atomic E-state index is 0.368.